The van der Waals surface area contributed by atoms with E-state index < -0.39 is 11.7 Å². The molecule has 0 aliphatic rings. The quantitative estimate of drug-likeness (QED) is 0.358. The van der Waals surface area contributed by atoms with E-state index in [1.807, 2.05) is 0 Å². The van der Waals surface area contributed by atoms with Crippen LogP contribution < -0.4 is 5.73 Å². The number of aromatic nitrogens is 1. The van der Waals surface area contributed by atoms with Crippen LogP contribution in [0.15, 0.2) is 79.0 Å². The maximum Gasteiger partial charge on any atom is 0.418 e. The number of rotatable bonds is 3. The number of nitrogen functional groups attached to an aromatic ring is 1. The van der Waals surface area contributed by atoms with E-state index in [1.54, 1.807) is 60.7 Å². The van der Waals surface area contributed by atoms with Gasteiger partial charge in [0, 0.05) is 34.0 Å². The molecule has 0 aliphatic carbocycles. The molecule has 4 rings (SSSR count). The van der Waals surface area contributed by atoms with Gasteiger partial charge in [-0.3, -0.25) is 9.78 Å². The van der Waals surface area contributed by atoms with E-state index in [-0.39, 0.29) is 22.2 Å². The van der Waals surface area contributed by atoms with Crippen LogP contribution in [0.1, 0.15) is 21.5 Å². The van der Waals surface area contributed by atoms with Crippen molar-refractivity contribution in [3.63, 3.8) is 0 Å². The van der Waals surface area contributed by atoms with E-state index in [0.29, 0.717) is 22.4 Å². The third-order valence-electron chi connectivity index (χ3n) is 4.68. The van der Waals surface area contributed by atoms with Crippen LogP contribution in [0.3, 0.4) is 0 Å². The lowest BCUT2D eigenvalue weighted by Gasteiger charge is -2.15. The minimum absolute atomic E-state index is 0.187. The lowest BCUT2D eigenvalue weighted by molar-refractivity contribution is -0.136. The highest BCUT2D eigenvalue weighted by Gasteiger charge is 2.34. The second kappa shape index (κ2) is 7.05. The molecule has 0 amide bonds. The first-order chi connectivity index (χ1) is 13.9. The number of nitrogens with zero attached hydrogens (tertiary/aromatic N) is 1. The first-order valence-corrected chi connectivity index (χ1v) is 8.81. The third kappa shape index (κ3) is 3.45. The molecule has 4 aromatic rings. The lowest BCUT2D eigenvalue weighted by atomic mass is 9.91. The number of para-hydroxylation sites is 1. The smallest absolute Gasteiger partial charge is 0.399 e. The lowest BCUT2D eigenvalue weighted by Crippen LogP contribution is -2.09. The Kier molecular flexibility index (Phi) is 4.54. The van der Waals surface area contributed by atoms with E-state index in [4.69, 9.17) is 5.73 Å². The summed E-state index contributed by atoms with van der Waals surface area (Å²) in [7, 11) is 0. The van der Waals surface area contributed by atoms with Crippen LogP contribution in [0.25, 0.3) is 22.0 Å². The molecule has 0 spiro atoms. The molecular weight excluding hydrogens is 377 g/mol. The van der Waals surface area contributed by atoms with Crippen LogP contribution in [0.2, 0.25) is 0 Å². The SMILES string of the molecule is Nc1ccc(C(=O)c2cnc3c(C(F)(F)F)cccc3c2-c2ccccc2)cc1. The Labute approximate surface area is 164 Å². The molecule has 3 nitrogen and oxygen atoms in total. The molecule has 29 heavy (non-hydrogen) atoms. The summed E-state index contributed by atoms with van der Waals surface area (Å²) in [5.74, 6) is -0.337. The molecule has 0 saturated carbocycles. The topological polar surface area (TPSA) is 56.0 Å². The van der Waals surface area contributed by atoms with Crippen molar-refractivity contribution in [1.29, 1.82) is 0 Å². The molecule has 1 heterocycles. The van der Waals surface area contributed by atoms with Gasteiger partial charge >= 0.3 is 6.18 Å². The van der Waals surface area contributed by atoms with Crippen molar-refractivity contribution in [2.24, 2.45) is 0 Å². The van der Waals surface area contributed by atoms with E-state index in [9.17, 15) is 18.0 Å². The number of pyridine rings is 1. The number of halogens is 3. The predicted molar refractivity (Wildman–Crippen MR) is 106 cm³/mol. The molecule has 1 aromatic heterocycles. The van der Waals surface area contributed by atoms with Crippen LogP contribution in [-0.4, -0.2) is 10.8 Å². The van der Waals surface area contributed by atoms with Gasteiger partial charge < -0.3 is 5.73 Å². The van der Waals surface area contributed by atoms with Gasteiger partial charge in [0.1, 0.15) is 0 Å². The zero-order valence-electron chi connectivity index (χ0n) is 15.1. The Morgan fingerprint density at radius 2 is 1.55 bits per heavy atom. The first kappa shape index (κ1) is 18.7. The van der Waals surface area contributed by atoms with Gasteiger partial charge in [-0.2, -0.15) is 13.2 Å². The Morgan fingerprint density at radius 1 is 0.862 bits per heavy atom. The van der Waals surface area contributed by atoms with Gasteiger partial charge in [0.05, 0.1) is 11.1 Å². The van der Waals surface area contributed by atoms with E-state index in [1.165, 1.54) is 12.3 Å². The molecule has 6 heteroatoms. The Hall–Kier alpha value is -3.67. The average Bonchev–Trinajstić information content (AvgIpc) is 2.72. The van der Waals surface area contributed by atoms with Gasteiger partial charge in [-0.05, 0) is 35.9 Å². The van der Waals surface area contributed by atoms with Crippen LogP contribution in [0.4, 0.5) is 18.9 Å². The number of fused-ring (bicyclic) bond motifs is 1. The number of anilines is 1. The molecule has 3 aromatic carbocycles. The summed E-state index contributed by atoms with van der Waals surface area (Å²) < 4.78 is 40.5. The summed E-state index contributed by atoms with van der Waals surface area (Å²) >= 11 is 0. The fourth-order valence-electron chi connectivity index (χ4n) is 3.33. The fourth-order valence-corrected chi connectivity index (χ4v) is 3.33. The highest BCUT2D eigenvalue weighted by molar-refractivity contribution is 6.16. The molecule has 0 radical (unpaired) electrons. The molecule has 0 fully saturated rings. The van der Waals surface area contributed by atoms with E-state index in [2.05, 4.69) is 4.98 Å². The molecule has 0 atom stereocenters. The second-order valence-corrected chi connectivity index (χ2v) is 6.56. The van der Waals surface area contributed by atoms with Crippen molar-refractivity contribution >= 4 is 22.4 Å². The van der Waals surface area contributed by atoms with Crippen LogP contribution in [0, 0.1) is 0 Å². The van der Waals surface area contributed by atoms with Crippen molar-refractivity contribution in [2.75, 3.05) is 5.73 Å². The zero-order valence-corrected chi connectivity index (χ0v) is 15.1. The van der Waals surface area contributed by atoms with Crippen molar-refractivity contribution in [2.45, 2.75) is 6.18 Å². The maximum absolute atomic E-state index is 13.5. The molecule has 2 N–H and O–H groups in total. The number of alkyl halides is 3. The summed E-state index contributed by atoms with van der Waals surface area (Å²) in [5, 5.41) is 0.271. The number of ketones is 1. The van der Waals surface area contributed by atoms with Crippen molar-refractivity contribution in [3.8, 4) is 11.1 Å². The van der Waals surface area contributed by atoms with Gasteiger partial charge in [0.2, 0.25) is 0 Å². The predicted octanol–water partition coefficient (Wildman–Crippen LogP) is 5.73. The van der Waals surface area contributed by atoms with Gasteiger partial charge in [-0.15, -0.1) is 0 Å². The van der Waals surface area contributed by atoms with Crippen LogP contribution in [0.5, 0.6) is 0 Å². The Bertz CT molecular complexity index is 1200. The number of carbonyl (C=O) groups excluding carboxylic acids is 1. The number of benzene rings is 3. The molecule has 0 saturated heterocycles. The highest BCUT2D eigenvalue weighted by Crippen LogP contribution is 2.38. The van der Waals surface area contributed by atoms with E-state index >= 15 is 0 Å². The summed E-state index contributed by atoms with van der Waals surface area (Å²) in [6, 6.07) is 19.1. The number of hydrogen-bond donors (Lipinski definition) is 1. The van der Waals surface area contributed by atoms with Crippen molar-refractivity contribution < 1.29 is 18.0 Å². The Morgan fingerprint density at radius 3 is 2.21 bits per heavy atom. The number of nitrogens with two attached hydrogens (primary N) is 1. The first-order valence-electron chi connectivity index (χ1n) is 8.81. The van der Waals surface area contributed by atoms with Crippen molar-refractivity contribution in [1.82, 2.24) is 4.98 Å². The standard InChI is InChI=1S/C23H15F3N2O/c24-23(25,26)19-8-4-7-17-20(14-5-2-1-3-6-14)18(13-28-21(17)19)22(29)15-9-11-16(27)12-10-15/h1-13H,27H2. The molecule has 0 bridgehead atoms. The van der Waals surface area contributed by atoms with Crippen LogP contribution in [-0.2, 0) is 6.18 Å². The molecule has 144 valence electrons. The minimum atomic E-state index is -4.55. The number of carbonyl (C=O) groups is 1. The normalized spacial score (nSPS) is 11.6. The monoisotopic (exact) mass is 392 g/mol. The third-order valence-corrected chi connectivity index (χ3v) is 4.68. The van der Waals surface area contributed by atoms with Gasteiger partial charge in [-0.1, -0.05) is 42.5 Å². The molecule has 0 unspecified atom stereocenters. The average molecular weight is 392 g/mol. The summed E-state index contributed by atoms with van der Waals surface area (Å²) in [6.45, 7) is 0. The van der Waals surface area contributed by atoms with Crippen LogP contribution >= 0.6 is 0 Å². The van der Waals surface area contributed by atoms with Gasteiger partial charge in [0.15, 0.2) is 5.78 Å². The highest BCUT2D eigenvalue weighted by atomic mass is 19.4. The zero-order chi connectivity index (χ0) is 20.6. The van der Waals surface area contributed by atoms with Crippen molar-refractivity contribution in [3.05, 3.63) is 95.7 Å². The van der Waals surface area contributed by atoms with Gasteiger partial charge in [0.25, 0.3) is 0 Å². The minimum Gasteiger partial charge on any atom is -0.399 e. The Balaban J connectivity index is 2.03. The summed E-state index contributed by atoms with van der Waals surface area (Å²) in [6.07, 6.45) is -3.33. The molecule has 0 aliphatic heterocycles. The second-order valence-electron chi connectivity index (χ2n) is 6.56. The molecular formula is C23H15F3N2O. The summed E-state index contributed by atoms with van der Waals surface area (Å²) in [4.78, 5) is 17.2. The largest absolute Gasteiger partial charge is 0.418 e. The maximum atomic E-state index is 13.5. The number of hydrogen-bond acceptors (Lipinski definition) is 3. The summed E-state index contributed by atoms with van der Waals surface area (Å²) in [5.41, 5.74) is 6.84. The van der Waals surface area contributed by atoms with Gasteiger partial charge in [-0.25, -0.2) is 0 Å². The van der Waals surface area contributed by atoms with E-state index in [0.717, 1.165) is 6.07 Å². The fraction of sp³-hybridized carbons (Fsp3) is 0.0435.